The van der Waals surface area contributed by atoms with Crippen LogP contribution in [0.2, 0.25) is 0 Å². The summed E-state index contributed by atoms with van der Waals surface area (Å²) in [5, 5.41) is 5.50. The molecule has 1 aliphatic heterocycles. The Bertz CT molecular complexity index is 1310. The Morgan fingerprint density at radius 2 is 1.57 bits per heavy atom. The van der Waals surface area contributed by atoms with E-state index in [0.29, 0.717) is 49.7 Å². The Morgan fingerprint density at radius 1 is 0.900 bits per heavy atom. The molecule has 0 aliphatic carbocycles. The number of amides is 4. The van der Waals surface area contributed by atoms with Gasteiger partial charge in [0.1, 0.15) is 18.1 Å². The van der Waals surface area contributed by atoms with Gasteiger partial charge in [-0.2, -0.15) is 0 Å². The summed E-state index contributed by atoms with van der Waals surface area (Å²) < 4.78 is 19.0. The van der Waals surface area contributed by atoms with Crippen LogP contribution in [0.5, 0.6) is 5.75 Å². The highest BCUT2D eigenvalue weighted by molar-refractivity contribution is 5.99. The predicted octanol–water partition coefficient (Wildman–Crippen LogP) is 4.68. The molecule has 0 unspecified atom stereocenters. The lowest BCUT2D eigenvalue weighted by atomic mass is 10.2. The van der Waals surface area contributed by atoms with Gasteiger partial charge in [0.15, 0.2) is 0 Å². The first kappa shape index (κ1) is 28.4. The van der Waals surface area contributed by atoms with Gasteiger partial charge in [-0.1, -0.05) is 19.1 Å². The minimum absolute atomic E-state index is 0.0582. The molecule has 0 atom stereocenters. The summed E-state index contributed by atoms with van der Waals surface area (Å²) in [5.74, 6) is -0.301. The quantitative estimate of drug-likeness (QED) is 0.406. The molecule has 3 aromatic carbocycles. The van der Waals surface area contributed by atoms with E-state index in [1.165, 1.54) is 17.0 Å². The van der Waals surface area contributed by atoms with E-state index < -0.39 is 5.82 Å². The highest BCUT2D eigenvalue weighted by Gasteiger charge is 2.22. The Balaban J connectivity index is 1.27. The van der Waals surface area contributed by atoms with Crippen molar-refractivity contribution in [3.63, 3.8) is 0 Å². The van der Waals surface area contributed by atoms with Crippen molar-refractivity contribution in [2.45, 2.75) is 13.3 Å². The highest BCUT2D eigenvalue weighted by atomic mass is 19.1. The zero-order chi connectivity index (χ0) is 28.5. The number of carbonyl (C=O) groups is 3. The number of piperazine rings is 1. The van der Waals surface area contributed by atoms with Crippen LogP contribution in [-0.2, 0) is 4.79 Å². The lowest BCUT2D eigenvalue weighted by Crippen LogP contribution is -2.50. The first-order valence-electron chi connectivity index (χ1n) is 13.3. The number of hydrogen-bond acceptors (Lipinski definition) is 5. The number of nitrogens with one attached hydrogen (secondary N) is 2. The van der Waals surface area contributed by atoms with E-state index in [0.717, 1.165) is 12.1 Å². The lowest BCUT2D eigenvalue weighted by molar-refractivity contribution is -0.116. The van der Waals surface area contributed by atoms with Crippen LogP contribution in [0.3, 0.4) is 0 Å². The van der Waals surface area contributed by atoms with Crippen LogP contribution in [0.1, 0.15) is 23.7 Å². The second-order valence-corrected chi connectivity index (χ2v) is 9.43. The van der Waals surface area contributed by atoms with Crippen LogP contribution in [0.15, 0.2) is 72.8 Å². The van der Waals surface area contributed by atoms with Crippen LogP contribution >= 0.6 is 0 Å². The summed E-state index contributed by atoms with van der Waals surface area (Å²) in [6.45, 7) is 4.59. The number of nitrogens with zero attached hydrogens (tertiary/aromatic N) is 3. The van der Waals surface area contributed by atoms with Crippen LogP contribution < -0.4 is 20.3 Å². The molecule has 4 rings (SSSR count). The van der Waals surface area contributed by atoms with E-state index in [4.69, 9.17) is 4.74 Å². The number of anilines is 3. The second kappa shape index (κ2) is 13.5. The van der Waals surface area contributed by atoms with Gasteiger partial charge in [0, 0.05) is 49.7 Å². The normalized spacial score (nSPS) is 13.0. The molecule has 0 aromatic heterocycles. The third-order valence-electron chi connectivity index (χ3n) is 6.65. The molecule has 4 amide bonds. The van der Waals surface area contributed by atoms with Crippen molar-refractivity contribution in [1.82, 2.24) is 9.80 Å². The highest BCUT2D eigenvalue weighted by Crippen LogP contribution is 2.21. The lowest BCUT2D eigenvalue weighted by Gasteiger charge is -2.36. The van der Waals surface area contributed by atoms with E-state index in [2.05, 4.69) is 15.5 Å². The molecule has 1 fully saturated rings. The van der Waals surface area contributed by atoms with Gasteiger partial charge in [-0.3, -0.25) is 9.59 Å². The maximum atomic E-state index is 13.8. The summed E-state index contributed by atoms with van der Waals surface area (Å²) in [4.78, 5) is 43.6. The van der Waals surface area contributed by atoms with Crippen molar-refractivity contribution < 1.29 is 23.5 Å². The van der Waals surface area contributed by atoms with Crippen molar-refractivity contribution in [3.8, 4) is 5.75 Å². The van der Waals surface area contributed by atoms with Gasteiger partial charge in [-0.15, -0.1) is 0 Å². The topological polar surface area (TPSA) is 94.2 Å². The molecule has 9 nitrogen and oxygen atoms in total. The second-order valence-electron chi connectivity index (χ2n) is 9.43. The number of benzene rings is 3. The molecule has 210 valence electrons. The fraction of sp³-hybridized carbons (Fsp3) is 0.300. The minimum Gasteiger partial charge on any atom is -0.497 e. The third kappa shape index (κ3) is 7.28. The van der Waals surface area contributed by atoms with Gasteiger partial charge < -0.3 is 30.1 Å². The number of halogens is 1. The molecule has 1 heterocycles. The average molecular weight is 548 g/mol. The smallest absolute Gasteiger partial charge is 0.322 e. The summed E-state index contributed by atoms with van der Waals surface area (Å²) in [6.07, 6.45) is 0.724. The van der Waals surface area contributed by atoms with E-state index in [1.54, 1.807) is 48.4 Å². The summed E-state index contributed by atoms with van der Waals surface area (Å²) in [5.41, 5.74) is 2.26. The van der Waals surface area contributed by atoms with E-state index in [9.17, 15) is 18.8 Å². The molecule has 10 heteroatoms. The van der Waals surface area contributed by atoms with Crippen LogP contribution in [0.4, 0.5) is 26.2 Å². The molecule has 0 saturated carbocycles. The SMILES string of the molecule is CCCN(CC(=O)Nc1ccc(N2CCN(C(=O)Nc3ccccc3F)CC2)cc1)C(=O)c1ccc(OC)cc1. The van der Waals surface area contributed by atoms with Crippen LogP contribution in [-0.4, -0.2) is 74.0 Å². The van der Waals surface area contributed by atoms with E-state index in [1.807, 2.05) is 31.2 Å². The molecule has 3 aromatic rings. The Kier molecular flexibility index (Phi) is 9.56. The Hall–Kier alpha value is -4.60. The molecule has 40 heavy (non-hydrogen) atoms. The zero-order valence-corrected chi connectivity index (χ0v) is 22.7. The van der Waals surface area contributed by atoms with Gasteiger partial charge in [0.2, 0.25) is 5.91 Å². The molecular formula is C30H34FN5O4. The summed E-state index contributed by atoms with van der Waals surface area (Å²) >= 11 is 0. The van der Waals surface area contributed by atoms with Gasteiger partial charge in [-0.05, 0) is 67.1 Å². The Labute approximate surface area is 233 Å². The standard InChI is InChI=1S/C30H34FN5O4/c1-3-16-36(29(38)22-8-14-25(40-2)15-9-22)21-28(37)32-23-10-12-24(13-11-23)34-17-19-35(20-18-34)30(39)33-27-7-5-4-6-26(27)31/h4-15H,3,16-21H2,1-2H3,(H,32,37)(H,33,39). The van der Waals surface area contributed by atoms with Crippen molar-refractivity contribution >= 4 is 34.9 Å². The number of para-hydroxylation sites is 1. The molecule has 1 saturated heterocycles. The number of carbonyl (C=O) groups excluding carboxylic acids is 3. The maximum Gasteiger partial charge on any atom is 0.322 e. The average Bonchev–Trinajstić information content (AvgIpc) is 2.98. The first-order valence-corrected chi connectivity index (χ1v) is 13.3. The van der Waals surface area contributed by atoms with Crippen molar-refractivity contribution in [2.24, 2.45) is 0 Å². The summed E-state index contributed by atoms with van der Waals surface area (Å²) in [7, 11) is 1.56. The number of rotatable bonds is 9. The van der Waals surface area contributed by atoms with Gasteiger partial charge in [0.25, 0.3) is 5.91 Å². The number of methoxy groups -OCH3 is 1. The number of hydrogen-bond donors (Lipinski definition) is 2. The van der Waals surface area contributed by atoms with Crippen LogP contribution in [0, 0.1) is 5.82 Å². The van der Waals surface area contributed by atoms with E-state index >= 15 is 0 Å². The monoisotopic (exact) mass is 547 g/mol. The van der Waals surface area contributed by atoms with E-state index in [-0.39, 0.29) is 30.1 Å². The Morgan fingerprint density at radius 3 is 2.20 bits per heavy atom. The maximum absolute atomic E-state index is 13.8. The van der Waals surface area contributed by atoms with Crippen molar-refractivity contribution in [1.29, 1.82) is 0 Å². The molecule has 0 spiro atoms. The van der Waals surface area contributed by atoms with Crippen molar-refractivity contribution in [3.05, 3.63) is 84.2 Å². The molecular weight excluding hydrogens is 513 g/mol. The van der Waals surface area contributed by atoms with Gasteiger partial charge in [0.05, 0.1) is 12.8 Å². The first-order chi connectivity index (χ1) is 19.4. The van der Waals surface area contributed by atoms with Gasteiger partial charge >= 0.3 is 6.03 Å². The largest absolute Gasteiger partial charge is 0.497 e. The number of urea groups is 1. The van der Waals surface area contributed by atoms with Gasteiger partial charge in [-0.25, -0.2) is 9.18 Å². The minimum atomic E-state index is -0.469. The summed E-state index contributed by atoms with van der Waals surface area (Å²) in [6, 6.07) is 20.1. The fourth-order valence-corrected chi connectivity index (χ4v) is 4.49. The molecule has 0 bridgehead atoms. The van der Waals surface area contributed by atoms with Crippen LogP contribution in [0.25, 0.3) is 0 Å². The zero-order valence-electron chi connectivity index (χ0n) is 22.7. The predicted molar refractivity (Wildman–Crippen MR) is 153 cm³/mol. The molecule has 2 N–H and O–H groups in total. The number of ether oxygens (including phenoxy) is 1. The fourth-order valence-electron chi connectivity index (χ4n) is 4.49. The third-order valence-corrected chi connectivity index (χ3v) is 6.65. The van der Waals surface area contributed by atoms with Crippen molar-refractivity contribution in [2.75, 3.05) is 61.9 Å². The molecule has 1 aliphatic rings. The molecule has 0 radical (unpaired) electrons.